The van der Waals surface area contributed by atoms with Gasteiger partial charge in [0.2, 0.25) is 0 Å². The molecule has 0 heterocycles. The van der Waals surface area contributed by atoms with Gasteiger partial charge in [-0.25, -0.2) is 0 Å². The summed E-state index contributed by atoms with van der Waals surface area (Å²) in [4.78, 5) is 24.1. The highest BCUT2D eigenvalue weighted by molar-refractivity contribution is 6.00. The molecule has 2 saturated carbocycles. The average molecular weight is 377 g/mol. The van der Waals surface area contributed by atoms with E-state index < -0.39 is 17.6 Å². The zero-order chi connectivity index (χ0) is 19.2. The number of ether oxygens (including phenoxy) is 1. The molecule has 0 bridgehead atoms. The summed E-state index contributed by atoms with van der Waals surface area (Å²) in [6.07, 6.45) is 2.93. The van der Waals surface area contributed by atoms with Crippen LogP contribution in [0.3, 0.4) is 0 Å². The molecule has 1 aromatic carbocycles. The van der Waals surface area contributed by atoms with Crippen LogP contribution < -0.4 is 10.1 Å². The lowest BCUT2D eigenvalue weighted by Crippen LogP contribution is -2.26. The Labute approximate surface area is 154 Å². The van der Waals surface area contributed by atoms with E-state index >= 15 is 0 Å². The number of halogens is 3. The summed E-state index contributed by atoms with van der Waals surface area (Å²) in [7, 11) is 0. The first-order valence-corrected chi connectivity index (χ1v) is 8.90. The second kappa shape index (κ2) is 6.55. The maximum Gasteiger partial charge on any atom is 0.416 e. The van der Waals surface area contributed by atoms with E-state index in [9.17, 15) is 22.8 Å². The minimum atomic E-state index is -4.57. The quantitative estimate of drug-likeness (QED) is 0.862. The number of allylic oxidation sites excluding steroid dienone is 3. The zero-order valence-electron chi connectivity index (χ0n) is 14.4. The Kier molecular flexibility index (Phi) is 4.32. The van der Waals surface area contributed by atoms with Gasteiger partial charge in [0.25, 0.3) is 5.91 Å². The summed E-state index contributed by atoms with van der Waals surface area (Å²) in [6.45, 7) is 0. The topological polar surface area (TPSA) is 55.4 Å². The molecule has 3 atom stereocenters. The Morgan fingerprint density at radius 1 is 1.15 bits per heavy atom. The highest BCUT2D eigenvalue weighted by atomic mass is 19.4. The van der Waals surface area contributed by atoms with Gasteiger partial charge in [0, 0.05) is 18.2 Å². The molecule has 3 aliphatic rings. The monoisotopic (exact) mass is 377 g/mol. The van der Waals surface area contributed by atoms with Crippen LogP contribution in [0.4, 0.5) is 13.2 Å². The molecule has 1 amide bonds. The summed E-state index contributed by atoms with van der Waals surface area (Å²) >= 11 is 0. The van der Waals surface area contributed by atoms with Crippen molar-refractivity contribution in [2.24, 2.45) is 11.8 Å². The summed E-state index contributed by atoms with van der Waals surface area (Å²) in [5.41, 5.74) is -0.849. The van der Waals surface area contributed by atoms with Crippen molar-refractivity contribution in [2.75, 3.05) is 0 Å². The molecule has 7 heteroatoms. The Balaban J connectivity index is 1.59. The second-order valence-electron chi connectivity index (χ2n) is 7.30. The van der Waals surface area contributed by atoms with E-state index in [0.29, 0.717) is 11.8 Å². The van der Waals surface area contributed by atoms with Crippen molar-refractivity contribution < 1.29 is 27.5 Å². The summed E-state index contributed by atoms with van der Waals surface area (Å²) in [6, 6.07) is 2.93. The lowest BCUT2D eigenvalue weighted by atomic mass is 10.1. The third kappa shape index (κ3) is 3.91. The van der Waals surface area contributed by atoms with Crippen LogP contribution in [0.15, 0.2) is 42.1 Å². The number of rotatable bonds is 4. The molecule has 1 unspecified atom stereocenters. The first-order valence-electron chi connectivity index (χ1n) is 8.90. The van der Waals surface area contributed by atoms with Gasteiger partial charge in [0.15, 0.2) is 5.78 Å². The molecule has 1 aromatic rings. The van der Waals surface area contributed by atoms with E-state index in [-0.39, 0.29) is 35.3 Å². The van der Waals surface area contributed by atoms with Crippen molar-refractivity contribution in [3.8, 4) is 5.75 Å². The predicted molar refractivity (Wildman–Crippen MR) is 91.0 cm³/mol. The van der Waals surface area contributed by atoms with Gasteiger partial charge < -0.3 is 10.1 Å². The minimum absolute atomic E-state index is 0.0765. The van der Waals surface area contributed by atoms with Gasteiger partial charge in [-0.3, -0.25) is 9.59 Å². The predicted octanol–water partition coefficient (Wildman–Crippen LogP) is 4.03. The third-order valence-electron chi connectivity index (χ3n) is 5.24. The van der Waals surface area contributed by atoms with Crippen LogP contribution in [0, 0.1) is 11.8 Å². The lowest BCUT2D eigenvalue weighted by Gasteiger charge is -2.19. The fourth-order valence-corrected chi connectivity index (χ4v) is 3.78. The Hall–Kier alpha value is -2.57. The van der Waals surface area contributed by atoms with E-state index in [1.807, 2.05) is 0 Å². The van der Waals surface area contributed by atoms with Crippen molar-refractivity contribution in [3.63, 3.8) is 0 Å². The number of benzene rings is 1. The maximum absolute atomic E-state index is 13.1. The molecule has 4 rings (SSSR count). The smallest absolute Gasteiger partial charge is 0.416 e. The van der Waals surface area contributed by atoms with Crippen molar-refractivity contribution in [1.82, 2.24) is 5.32 Å². The fourth-order valence-electron chi connectivity index (χ4n) is 3.78. The van der Waals surface area contributed by atoms with Crippen LogP contribution in [-0.4, -0.2) is 17.8 Å². The van der Waals surface area contributed by atoms with Crippen LogP contribution in [0.2, 0.25) is 0 Å². The molecule has 0 aromatic heterocycles. The van der Waals surface area contributed by atoms with Gasteiger partial charge in [-0.2, -0.15) is 13.2 Å². The van der Waals surface area contributed by atoms with Crippen molar-refractivity contribution in [3.05, 3.63) is 53.3 Å². The molecule has 1 N–H and O–H groups in total. The molecule has 0 saturated heterocycles. The number of hydrogen-bond donors (Lipinski definition) is 1. The van der Waals surface area contributed by atoms with Gasteiger partial charge in [0.1, 0.15) is 5.75 Å². The molecule has 2 fully saturated rings. The van der Waals surface area contributed by atoms with Crippen molar-refractivity contribution in [1.29, 1.82) is 0 Å². The lowest BCUT2D eigenvalue weighted by molar-refractivity contribution is -0.137. The van der Waals surface area contributed by atoms with Gasteiger partial charge in [-0.15, -0.1) is 0 Å². The number of hydrogen-bond acceptors (Lipinski definition) is 3. The molecule has 142 valence electrons. The first kappa shape index (κ1) is 17.8. The van der Waals surface area contributed by atoms with E-state index in [4.69, 9.17) is 4.74 Å². The second-order valence-corrected chi connectivity index (χ2v) is 7.30. The number of carbonyl (C=O) groups is 2. The van der Waals surface area contributed by atoms with E-state index in [0.717, 1.165) is 25.0 Å². The Morgan fingerprint density at radius 2 is 1.89 bits per heavy atom. The number of carbonyl (C=O) groups excluding carboxylic acids is 2. The van der Waals surface area contributed by atoms with Crippen LogP contribution in [-0.2, 0) is 11.0 Å². The van der Waals surface area contributed by atoms with Crippen LogP contribution in [0.25, 0.3) is 0 Å². The van der Waals surface area contributed by atoms with Gasteiger partial charge in [0.05, 0.1) is 17.2 Å². The summed E-state index contributed by atoms with van der Waals surface area (Å²) in [5, 5.41) is 2.49. The molecule has 0 aliphatic heterocycles. The normalized spacial score (nSPS) is 26.4. The van der Waals surface area contributed by atoms with Crippen LogP contribution in [0.5, 0.6) is 5.75 Å². The highest BCUT2D eigenvalue weighted by Crippen LogP contribution is 2.52. The molecular formula is C20H18F3NO3. The number of amides is 1. The van der Waals surface area contributed by atoms with E-state index in [1.54, 1.807) is 12.2 Å². The average Bonchev–Trinajstić information content (AvgIpc) is 3.20. The van der Waals surface area contributed by atoms with Crippen molar-refractivity contribution >= 4 is 11.7 Å². The molecule has 4 nitrogen and oxygen atoms in total. The SMILES string of the molecule is O=C1C=C(NC(=O)c2cc(C(F)(F)F)ccc2OC2C[C@@H]3C[C@@H]3C2)C=CC1. The maximum atomic E-state index is 13.1. The minimum Gasteiger partial charge on any atom is -0.490 e. The highest BCUT2D eigenvalue weighted by Gasteiger charge is 2.47. The third-order valence-corrected chi connectivity index (χ3v) is 5.24. The fraction of sp³-hybridized carbons (Fsp3) is 0.400. The standard InChI is InChI=1S/C20H18F3NO3/c21-20(22,23)13-4-5-18(27-16-7-11-6-12(11)8-16)17(9-13)19(26)24-14-2-1-3-15(25)10-14/h1-2,4-5,9-12,16H,3,6-8H2,(H,24,26)/t11-,12+,16?. The molecule has 0 spiro atoms. The first-order chi connectivity index (χ1) is 12.8. The number of fused-ring (bicyclic) bond motifs is 1. The zero-order valence-corrected chi connectivity index (χ0v) is 14.4. The van der Waals surface area contributed by atoms with Crippen LogP contribution >= 0.6 is 0 Å². The Morgan fingerprint density at radius 3 is 2.56 bits per heavy atom. The molecular weight excluding hydrogens is 359 g/mol. The molecule has 0 radical (unpaired) electrons. The van der Waals surface area contributed by atoms with E-state index in [1.165, 1.54) is 18.6 Å². The van der Waals surface area contributed by atoms with Gasteiger partial charge in [-0.1, -0.05) is 6.08 Å². The number of alkyl halides is 3. The van der Waals surface area contributed by atoms with Gasteiger partial charge >= 0.3 is 6.18 Å². The van der Waals surface area contributed by atoms with E-state index in [2.05, 4.69) is 5.32 Å². The largest absolute Gasteiger partial charge is 0.490 e. The summed E-state index contributed by atoms with van der Waals surface area (Å²) in [5.74, 6) is 0.511. The van der Waals surface area contributed by atoms with Gasteiger partial charge in [-0.05, 0) is 55.4 Å². The van der Waals surface area contributed by atoms with Crippen molar-refractivity contribution in [2.45, 2.75) is 38.0 Å². The molecule has 3 aliphatic carbocycles. The Bertz CT molecular complexity index is 847. The number of ketones is 1. The molecule has 27 heavy (non-hydrogen) atoms. The van der Waals surface area contributed by atoms with Crippen LogP contribution in [0.1, 0.15) is 41.6 Å². The summed E-state index contributed by atoms with van der Waals surface area (Å²) < 4.78 is 45.2. The number of nitrogens with one attached hydrogen (secondary N) is 1.